The molecular weight excluding hydrogens is 271 g/mol. The molecule has 0 spiro atoms. The maximum atomic E-state index is 11.9. The monoisotopic (exact) mass is 281 g/mol. The van der Waals surface area contributed by atoms with Crippen molar-refractivity contribution in [3.63, 3.8) is 0 Å². The fourth-order valence-electron chi connectivity index (χ4n) is 1.45. The van der Waals surface area contributed by atoms with Crippen LogP contribution < -0.4 is 23.5 Å². The van der Waals surface area contributed by atoms with Crippen LogP contribution in [0.4, 0.5) is 11.4 Å². The highest BCUT2D eigenvalue weighted by Crippen LogP contribution is 2.20. The van der Waals surface area contributed by atoms with Gasteiger partial charge in [0.15, 0.2) is 0 Å². The van der Waals surface area contributed by atoms with Crippen molar-refractivity contribution < 1.29 is 17.2 Å². The van der Waals surface area contributed by atoms with Crippen LogP contribution in [-0.4, -0.2) is 5.91 Å². The van der Waals surface area contributed by atoms with Gasteiger partial charge in [-0.15, -0.1) is 0 Å². The van der Waals surface area contributed by atoms with E-state index in [9.17, 15) is 4.79 Å². The molecule has 3 N–H and O–H groups in total. The summed E-state index contributed by atoms with van der Waals surface area (Å²) in [7, 11) is 0. The lowest BCUT2D eigenvalue weighted by Crippen LogP contribution is -3.00. The predicted octanol–water partition coefficient (Wildman–Crippen LogP) is 0.178. The molecule has 0 radical (unpaired) electrons. The Morgan fingerprint density at radius 2 is 1.67 bits per heavy atom. The van der Waals surface area contributed by atoms with E-state index >= 15 is 0 Å². The molecule has 18 heavy (non-hydrogen) atoms. The molecule has 1 amide bonds. The molecule has 0 aromatic heterocycles. The fraction of sp³-hybridized carbons (Fsp3) is 0. The summed E-state index contributed by atoms with van der Waals surface area (Å²) in [6, 6.07) is 13.9. The van der Waals surface area contributed by atoms with Gasteiger partial charge in [0, 0.05) is 0 Å². The van der Waals surface area contributed by atoms with Crippen LogP contribution >= 0.6 is 11.6 Å². The first kappa shape index (κ1) is 14.4. The van der Waals surface area contributed by atoms with Crippen molar-refractivity contribution in [3.05, 3.63) is 59.1 Å². The number of amides is 1. The molecule has 0 aliphatic rings. The highest BCUT2D eigenvalue weighted by Gasteiger charge is 2.10. The number of hydrogen-bond donors (Lipinski definition) is 2. The molecule has 0 fully saturated rings. The highest BCUT2D eigenvalue weighted by atomic mass is 35.5. The van der Waals surface area contributed by atoms with Gasteiger partial charge in [0.25, 0.3) is 5.91 Å². The number of carbonyl (C=O) groups is 1. The van der Waals surface area contributed by atoms with Gasteiger partial charge in [0.1, 0.15) is 0 Å². The van der Waals surface area contributed by atoms with Crippen molar-refractivity contribution in [2.75, 3.05) is 11.1 Å². The summed E-state index contributed by atoms with van der Waals surface area (Å²) in [6.45, 7) is 0. The lowest BCUT2D eigenvalue weighted by atomic mass is 10.2. The Kier molecular flexibility index (Phi) is 5.01. The molecule has 2 rings (SSSR count). The van der Waals surface area contributed by atoms with E-state index in [2.05, 4.69) is 5.32 Å². The first-order valence-corrected chi connectivity index (χ1v) is 5.46. The van der Waals surface area contributed by atoms with E-state index in [0.717, 1.165) is 0 Å². The van der Waals surface area contributed by atoms with Gasteiger partial charge in [-0.3, -0.25) is 4.79 Å². The second-order valence-corrected chi connectivity index (χ2v) is 3.93. The largest absolute Gasteiger partial charge is 1.00 e. The van der Waals surface area contributed by atoms with E-state index in [1.807, 2.05) is 0 Å². The van der Waals surface area contributed by atoms with E-state index in [0.29, 0.717) is 22.0 Å². The van der Waals surface area contributed by atoms with Crippen LogP contribution in [0.1, 0.15) is 10.4 Å². The first-order chi connectivity index (χ1) is 8.18. The van der Waals surface area contributed by atoms with Crippen molar-refractivity contribution in [2.24, 2.45) is 0 Å². The minimum Gasteiger partial charge on any atom is -1.00 e. The number of halogens is 2. The van der Waals surface area contributed by atoms with Crippen LogP contribution in [0, 0.1) is 0 Å². The lowest BCUT2D eigenvalue weighted by Gasteiger charge is -2.08. The number of nitrogens with one attached hydrogen (secondary N) is 1. The summed E-state index contributed by atoms with van der Waals surface area (Å²) in [5, 5.41) is 3.14. The summed E-state index contributed by atoms with van der Waals surface area (Å²) in [4.78, 5) is 11.9. The van der Waals surface area contributed by atoms with Crippen LogP contribution in [0.5, 0.6) is 0 Å². The SMILES string of the molecule is Nc1ccccc1NC(=O)c1ccccc1Cl.[Cl-]. The van der Waals surface area contributed by atoms with E-state index < -0.39 is 0 Å². The minimum atomic E-state index is -0.270. The zero-order valence-corrected chi connectivity index (χ0v) is 10.9. The van der Waals surface area contributed by atoms with Crippen molar-refractivity contribution in [3.8, 4) is 0 Å². The van der Waals surface area contributed by atoms with Crippen LogP contribution in [0.3, 0.4) is 0 Å². The third-order valence-electron chi connectivity index (χ3n) is 2.33. The average Bonchev–Trinajstić information content (AvgIpc) is 2.32. The summed E-state index contributed by atoms with van der Waals surface area (Å²) >= 11 is 5.93. The van der Waals surface area contributed by atoms with E-state index in [4.69, 9.17) is 17.3 Å². The predicted molar refractivity (Wildman–Crippen MR) is 70.3 cm³/mol. The third-order valence-corrected chi connectivity index (χ3v) is 2.66. The van der Waals surface area contributed by atoms with Crippen molar-refractivity contribution in [1.29, 1.82) is 0 Å². The summed E-state index contributed by atoms with van der Waals surface area (Å²) in [5.41, 5.74) is 7.27. The molecule has 0 heterocycles. The number of para-hydroxylation sites is 2. The van der Waals surface area contributed by atoms with E-state index in [1.165, 1.54) is 0 Å². The zero-order chi connectivity index (χ0) is 12.3. The van der Waals surface area contributed by atoms with E-state index in [1.54, 1.807) is 48.5 Å². The Morgan fingerprint density at radius 3 is 2.33 bits per heavy atom. The molecule has 0 unspecified atom stereocenters. The number of benzene rings is 2. The fourth-order valence-corrected chi connectivity index (χ4v) is 1.67. The average molecular weight is 282 g/mol. The maximum Gasteiger partial charge on any atom is 0.257 e. The quantitative estimate of drug-likeness (QED) is 0.772. The second kappa shape index (κ2) is 6.28. The molecule has 5 heteroatoms. The molecule has 0 saturated heterocycles. The number of carbonyl (C=O) groups excluding carboxylic acids is 1. The van der Waals surface area contributed by atoms with Crippen LogP contribution in [-0.2, 0) is 0 Å². The Morgan fingerprint density at radius 1 is 1.06 bits per heavy atom. The molecular formula is C13H11Cl2N2O-. The smallest absolute Gasteiger partial charge is 0.257 e. The Labute approximate surface area is 116 Å². The highest BCUT2D eigenvalue weighted by molar-refractivity contribution is 6.34. The normalized spacial score (nSPS) is 9.39. The Bertz CT molecular complexity index is 558. The zero-order valence-electron chi connectivity index (χ0n) is 9.36. The standard InChI is InChI=1S/C13H11ClN2O.ClH/c14-10-6-2-1-5-9(10)13(17)16-12-8-4-3-7-11(12)15;/h1-8H,15H2,(H,16,17);1H/p-1. The molecule has 0 aliphatic carbocycles. The van der Waals surface area contributed by atoms with Gasteiger partial charge in [-0.05, 0) is 24.3 Å². The Balaban J connectivity index is 0.00000162. The molecule has 0 aliphatic heterocycles. The topological polar surface area (TPSA) is 55.1 Å². The molecule has 0 saturated carbocycles. The maximum absolute atomic E-state index is 11.9. The molecule has 0 bridgehead atoms. The summed E-state index contributed by atoms with van der Waals surface area (Å²) in [5.74, 6) is -0.270. The minimum absolute atomic E-state index is 0. The molecule has 3 nitrogen and oxygen atoms in total. The third kappa shape index (κ3) is 3.15. The van der Waals surface area contributed by atoms with Gasteiger partial charge in [-0.25, -0.2) is 0 Å². The van der Waals surface area contributed by atoms with Gasteiger partial charge in [0.2, 0.25) is 0 Å². The summed E-state index contributed by atoms with van der Waals surface area (Å²) < 4.78 is 0. The van der Waals surface area contributed by atoms with Crippen LogP contribution in [0.15, 0.2) is 48.5 Å². The van der Waals surface area contributed by atoms with Crippen molar-refractivity contribution in [2.45, 2.75) is 0 Å². The van der Waals surface area contributed by atoms with Crippen molar-refractivity contribution >= 4 is 28.9 Å². The number of rotatable bonds is 2. The van der Waals surface area contributed by atoms with Gasteiger partial charge >= 0.3 is 0 Å². The number of nitrogens with two attached hydrogens (primary N) is 1. The van der Waals surface area contributed by atoms with Gasteiger partial charge < -0.3 is 23.5 Å². The van der Waals surface area contributed by atoms with Crippen molar-refractivity contribution in [1.82, 2.24) is 0 Å². The van der Waals surface area contributed by atoms with Gasteiger partial charge in [-0.1, -0.05) is 35.9 Å². The Hall–Kier alpha value is -1.71. The molecule has 2 aromatic rings. The van der Waals surface area contributed by atoms with Gasteiger partial charge in [-0.2, -0.15) is 0 Å². The molecule has 0 atom stereocenters. The second-order valence-electron chi connectivity index (χ2n) is 3.52. The van der Waals surface area contributed by atoms with E-state index in [-0.39, 0.29) is 18.3 Å². The van der Waals surface area contributed by atoms with Gasteiger partial charge in [0.05, 0.1) is 22.0 Å². The summed E-state index contributed by atoms with van der Waals surface area (Å²) in [6.07, 6.45) is 0. The van der Waals surface area contributed by atoms with Crippen LogP contribution in [0.2, 0.25) is 5.02 Å². The number of anilines is 2. The number of hydrogen-bond acceptors (Lipinski definition) is 2. The van der Waals surface area contributed by atoms with Crippen LogP contribution in [0.25, 0.3) is 0 Å². The lowest BCUT2D eigenvalue weighted by molar-refractivity contribution is -0.0000109. The number of nitrogen functional groups attached to an aromatic ring is 1. The first-order valence-electron chi connectivity index (χ1n) is 5.09. The molecule has 2 aromatic carbocycles. The molecule has 94 valence electrons.